The number of hydrogen-bond donors (Lipinski definition) is 3. The summed E-state index contributed by atoms with van der Waals surface area (Å²) in [5.41, 5.74) is 0.877. The largest absolute Gasteiger partial charge is 0.480 e. The van der Waals surface area contributed by atoms with Gasteiger partial charge in [0.2, 0.25) is 5.91 Å². The van der Waals surface area contributed by atoms with Crippen LogP contribution in [0.1, 0.15) is 38.2 Å². The first-order chi connectivity index (χ1) is 16.2. The molecular formula is C23H32N2O9. The molecule has 0 heterocycles. The number of unbranched alkanes of at least 4 members (excludes halogenated alkanes) is 2. The van der Waals surface area contributed by atoms with Crippen LogP contribution in [0.5, 0.6) is 0 Å². The van der Waals surface area contributed by atoms with Crippen molar-refractivity contribution in [3.63, 3.8) is 0 Å². The average Bonchev–Trinajstić information content (AvgIpc) is 2.83. The number of benzene rings is 1. The Morgan fingerprint density at radius 2 is 1.56 bits per heavy atom. The minimum absolute atomic E-state index is 0.0378. The first-order valence-electron chi connectivity index (χ1n) is 10.8. The molecule has 0 aliphatic carbocycles. The Morgan fingerprint density at radius 3 is 2.12 bits per heavy atom. The lowest BCUT2D eigenvalue weighted by atomic mass is 9.87. The van der Waals surface area contributed by atoms with Crippen LogP contribution in [0.15, 0.2) is 30.3 Å². The van der Waals surface area contributed by atoms with E-state index in [4.69, 9.17) is 4.74 Å². The topological polar surface area (TPSA) is 157 Å². The van der Waals surface area contributed by atoms with E-state index in [1.165, 1.54) is 6.92 Å². The smallest absolute Gasteiger partial charge is 0.407 e. The molecule has 2 amide bonds. The van der Waals surface area contributed by atoms with Gasteiger partial charge in [-0.05, 0) is 18.4 Å². The van der Waals surface area contributed by atoms with Crippen molar-refractivity contribution in [3.8, 4) is 0 Å². The summed E-state index contributed by atoms with van der Waals surface area (Å²) in [6, 6.07) is 7.77. The van der Waals surface area contributed by atoms with Crippen molar-refractivity contribution in [2.24, 2.45) is 11.8 Å². The van der Waals surface area contributed by atoms with Gasteiger partial charge in [0.1, 0.15) is 12.6 Å². The van der Waals surface area contributed by atoms with Gasteiger partial charge in [0.25, 0.3) is 0 Å². The lowest BCUT2D eigenvalue weighted by Gasteiger charge is -2.26. The van der Waals surface area contributed by atoms with E-state index in [2.05, 4.69) is 20.1 Å². The van der Waals surface area contributed by atoms with Crippen molar-refractivity contribution in [2.75, 3.05) is 20.8 Å². The maximum atomic E-state index is 12.2. The molecule has 0 saturated heterocycles. The molecule has 11 nitrogen and oxygen atoms in total. The molecular weight excluding hydrogens is 448 g/mol. The SMILES string of the molecule is COC(=O)C(C(=O)OC)[C@H](C)[C@H](NC(=O)CCCCCNC(=O)OCc1ccccc1)C(=O)O. The van der Waals surface area contributed by atoms with E-state index >= 15 is 0 Å². The normalized spacial score (nSPS) is 12.2. The molecule has 2 atom stereocenters. The minimum atomic E-state index is -1.50. The number of rotatable bonds is 14. The number of amides is 2. The van der Waals surface area contributed by atoms with Crippen molar-refractivity contribution in [1.82, 2.24) is 10.6 Å². The summed E-state index contributed by atoms with van der Waals surface area (Å²) in [6.45, 7) is 1.88. The van der Waals surface area contributed by atoms with Crippen LogP contribution >= 0.6 is 0 Å². The highest BCUT2D eigenvalue weighted by Gasteiger charge is 2.41. The van der Waals surface area contributed by atoms with Crippen LogP contribution < -0.4 is 10.6 Å². The summed E-state index contributed by atoms with van der Waals surface area (Å²) >= 11 is 0. The van der Waals surface area contributed by atoms with Crippen LogP contribution in [-0.4, -0.2) is 61.8 Å². The zero-order valence-electron chi connectivity index (χ0n) is 19.6. The Kier molecular flexibility index (Phi) is 12.7. The molecule has 0 bridgehead atoms. The van der Waals surface area contributed by atoms with Gasteiger partial charge in [-0.15, -0.1) is 0 Å². The van der Waals surface area contributed by atoms with Crippen LogP contribution in [0, 0.1) is 11.8 Å². The van der Waals surface area contributed by atoms with Crippen molar-refractivity contribution < 1.29 is 43.3 Å². The first-order valence-corrected chi connectivity index (χ1v) is 10.8. The molecule has 188 valence electrons. The third kappa shape index (κ3) is 9.88. The number of methoxy groups -OCH3 is 2. The highest BCUT2D eigenvalue weighted by molar-refractivity contribution is 5.96. The van der Waals surface area contributed by atoms with E-state index in [-0.39, 0.29) is 13.0 Å². The fourth-order valence-corrected chi connectivity index (χ4v) is 3.19. The highest BCUT2D eigenvalue weighted by Crippen LogP contribution is 2.20. The molecule has 0 spiro atoms. The van der Waals surface area contributed by atoms with Crippen molar-refractivity contribution >= 4 is 29.9 Å². The number of esters is 2. The maximum Gasteiger partial charge on any atom is 0.407 e. The molecule has 1 aromatic rings. The molecule has 3 N–H and O–H groups in total. The second kappa shape index (κ2) is 15.3. The van der Waals surface area contributed by atoms with Gasteiger partial charge in [-0.25, -0.2) is 9.59 Å². The molecule has 0 aromatic heterocycles. The summed E-state index contributed by atoms with van der Waals surface area (Å²) in [6.07, 6.45) is 1.15. The zero-order chi connectivity index (χ0) is 25.5. The number of hydrogen-bond acceptors (Lipinski definition) is 8. The van der Waals surface area contributed by atoms with E-state index in [1.807, 2.05) is 30.3 Å². The first kappa shape index (κ1) is 28.4. The van der Waals surface area contributed by atoms with E-state index in [1.54, 1.807) is 0 Å². The maximum absolute atomic E-state index is 12.2. The number of carbonyl (C=O) groups excluding carboxylic acids is 4. The molecule has 1 rings (SSSR count). The number of alkyl carbamates (subject to hydrolysis) is 1. The van der Waals surface area contributed by atoms with Crippen LogP contribution in [-0.2, 0) is 40.0 Å². The Bertz CT molecular complexity index is 813. The number of ether oxygens (including phenoxy) is 3. The monoisotopic (exact) mass is 480 g/mol. The molecule has 0 saturated carbocycles. The summed E-state index contributed by atoms with van der Waals surface area (Å²) in [5, 5.41) is 14.5. The molecule has 1 aromatic carbocycles. The van der Waals surface area contributed by atoms with Crippen molar-refractivity contribution in [3.05, 3.63) is 35.9 Å². The van der Waals surface area contributed by atoms with E-state index in [9.17, 15) is 29.1 Å². The van der Waals surface area contributed by atoms with Gasteiger partial charge in [-0.2, -0.15) is 0 Å². The lowest BCUT2D eigenvalue weighted by Crippen LogP contribution is -2.50. The fraction of sp³-hybridized carbons (Fsp3) is 0.522. The van der Waals surface area contributed by atoms with Gasteiger partial charge in [0.05, 0.1) is 14.2 Å². The number of carbonyl (C=O) groups is 5. The molecule has 0 radical (unpaired) electrons. The quantitative estimate of drug-likeness (QED) is 0.156. The second-order valence-electron chi connectivity index (χ2n) is 7.57. The van der Waals surface area contributed by atoms with Gasteiger partial charge < -0.3 is 30.0 Å². The molecule has 34 heavy (non-hydrogen) atoms. The number of nitrogens with one attached hydrogen (secondary N) is 2. The Morgan fingerprint density at radius 1 is 0.941 bits per heavy atom. The van der Waals surface area contributed by atoms with Crippen LogP contribution in [0.4, 0.5) is 4.79 Å². The Labute approximate surface area is 198 Å². The van der Waals surface area contributed by atoms with Crippen molar-refractivity contribution in [2.45, 2.75) is 45.3 Å². The predicted molar refractivity (Wildman–Crippen MR) is 119 cm³/mol. The van der Waals surface area contributed by atoms with E-state index in [0.29, 0.717) is 25.8 Å². The molecule has 0 unspecified atom stereocenters. The summed E-state index contributed by atoms with van der Waals surface area (Å²) in [4.78, 5) is 59.4. The minimum Gasteiger partial charge on any atom is -0.480 e. The van der Waals surface area contributed by atoms with Gasteiger partial charge in [-0.1, -0.05) is 43.7 Å². The summed E-state index contributed by atoms with van der Waals surface area (Å²) in [7, 11) is 2.13. The zero-order valence-corrected chi connectivity index (χ0v) is 19.6. The van der Waals surface area contributed by atoms with Crippen LogP contribution in [0.2, 0.25) is 0 Å². The summed E-state index contributed by atoms with van der Waals surface area (Å²) < 4.78 is 14.2. The van der Waals surface area contributed by atoms with Crippen LogP contribution in [0.25, 0.3) is 0 Å². The fourth-order valence-electron chi connectivity index (χ4n) is 3.19. The predicted octanol–water partition coefficient (Wildman–Crippen LogP) is 1.64. The average molecular weight is 481 g/mol. The number of aliphatic carboxylic acids is 1. The molecule has 0 aliphatic heterocycles. The highest BCUT2D eigenvalue weighted by atomic mass is 16.6. The lowest BCUT2D eigenvalue weighted by molar-refractivity contribution is -0.163. The summed E-state index contributed by atoms with van der Waals surface area (Å²) in [5.74, 6) is -6.43. The van der Waals surface area contributed by atoms with E-state index in [0.717, 1.165) is 19.8 Å². The number of carboxylic acid groups (broad SMARTS) is 1. The van der Waals surface area contributed by atoms with Gasteiger partial charge in [0.15, 0.2) is 5.92 Å². The van der Waals surface area contributed by atoms with Crippen molar-refractivity contribution in [1.29, 1.82) is 0 Å². The second-order valence-corrected chi connectivity index (χ2v) is 7.57. The molecule has 0 fully saturated rings. The Hall–Kier alpha value is -3.63. The Balaban J connectivity index is 2.37. The van der Waals surface area contributed by atoms with Gasteiger partial charge >= 0.3 is 24.0 Å². The van der Waals surface area contributed by atoms with E-state index < -0.39 is 47.8 Å². The van der Waals surface area contributed by atoms with Crippen LogP contribution in [0.3, 0.4) is 0 Å². The third-order valence-corrected chi connectivity index (χ3v) is 5.11. The van der Waals surface area contributed by atoms with Gasteiger partial charge in [0, 0.05) is 18.9 Å². The molecule has 11 heteroatoms. The number of carboxylic acids is 1. The van der Waals surface area contributed by atoms with Gasteiger partial charge in [-0.3, -0.25) is 14.4 Å². The third-order valence-electron chi connectivity index (χ3n) is 5.11. The molecule has 0 aliphatic rings. The standard InChI is InChI=1S/C23H32N2O9/c1-15(18(21(29)32-2)22(30)33-3)19(20(27)28)25-17(26)12-8-5-9-13-24-23(31)34-14-16-10-6-4-7-11-16/h4,6-7,10-11,15,18-19H,5,8-9,12-14H2,1-3H3,(H,24,31)(H,25,26)(H,27,28)/t15-,19-/m0/s1.